The molecule has 2 aromatic carbocycles. The molecule has 1 heterocycles. The summed E-state index contributed by atoms with van der Waals surface area (Å²) in [5.74, 6) is 0.212. The third-order valence-electron chi connectivity index (χ3n) is 4.44. The zero-order valence-corrected chi connectivity index (χ0v) is 14.6. The summed E-state index contributed by atoms with van der Waals surface area (Å²) in [6.45, 7) is -0.246. The molecule has 5 nitrogen and oxygen atoms in total. The predicted octanol–water partition coefficient (Wildman–Crippen LogP) is 4.54. The first-order chi connectivity index (χ1) is 12.5. The second-order valence-electron chi connectivity index (χ2n) is 6.40. The van der Waals surface area contributed by atoms with Gasteiger partial charge in [0.15, 0.2) is 18.1 Å². The maximum atomic E-state index is 13.0. The van der Waals surface area contributed by atoms with E-state index >= 15 is 0 Å². The molecule has 0 saturated heterocycles. The summed E-state index contributed by atoms with van der Waals surface area (Å²) in [5, 5.41) is 2.85. The van der Waals surface area contributed by atoms with E-state index in [1.165, 1.54) is 12.1 Å². The van der Waals surface area contributed by atoms with Crippen LogP contribution in [0.25, 0.3) is 0 Å². The molecule has 1 aliphatic heterocycles. The lowest BCUT2D eigenvalue weighted by Crippen LogP contribution is -2.34. The smallest absolute Gasteiger partial charge is 0.262 e. The molecule has 1 fully saturated rings. The van der Waals surface area contributed by atoms with Crippen molar-refractivity contribution in [3.63, 3.8) is 0 Å². The highest BCUT2D eigenvalue weighted by atomic mass is 35.5. The van der Waals surface area contributed by atoms with Gasteiger partial charge >= 0.3 is 0 Å². The fourth-order valence-electron chi connectivity index (χ4n) is 3.22. The lowest BCUT2D eigenvalue weighted by Gasteiger charge is -2.21. The maximum Gasteiger partial charge on any atom is 0.262 e. The third kappa shape index (κ3) is 3.42. The van der Waals surface area contributed by atoms with Gasteiger partial charge in [-0.3, -0.25) is 4.79 Å². The number of halogens is 2. The molecule has 1 saturated carbocycles. The molecule has 1 N–H and O–H groups in total. The summed E-state index contributed by atoms with van der Waals surface area (Å²) in [7, 11) is 0. The van der Waals surface area contributed by atoms with Crippen LogP contribution in [0.15, 0.2) is 36.4 Å². The number of carbonyl (C=O) groups is 1. The molecule has 0 unspecified atom stereocenters. The number of nitrogens with one attached hydrogen (secondary N) is 1. The number of ether oxygens (including phenoxy) is 3. The topological polar surface area (TPSA) is 56.8 Å². The Morgan fingerprint density at radius 2 is 1.92 bits per heavy atom. The number of hydrogen-bond donors (Lipinski definition) is 1. The van der Waals surface area contributed by atoms with Crippen molar-refractivity contribution in [3.05, 3.63) is 47.2 Å². The minimum atomic E-state index is -0.534. The molecule has 7 heteroatoms. The second-order valence-corrected chi connectivity index (χ2v) is 6.80. The zero-order valence-electron chi connectivity index (χ0n) is 13.9. The van der Waals surface area contributed by atoms with E-state index in [9.17, 15) is 9.18 Å². The molecule has 1 spiro atoms. The largest absolute Gasteiger partial charge is 0.482 e. The lowest BCUT2D eigenvalue weighted by molar-refractivity contribution is -0.118. The van der Waals surface area contributed by atoms with Gasteiger partial charge in [0.25, 0.3) is 11.7 Å². The molecular weight excluding hydrogens is 361 g/mol. The van der Waals surface area contributed by atoms with Crippen molar-refractivity contribution < 1.29 is 23.4 Å². The summed E-state index contributed by atoms with van der Waals surface area (Å²) in [4.78, 5) is 12.1. The van der Waals surface area contributed by atoms with Crippen molar-refractivity contribution in [2.45, 2.75) is 31.5 Å². The SMILES string of the molecule is O=C(COc1ccc(F)cc1Cl)Nc1ccc2c(c1)OC1(CCCC1)O2. The standard InChI is InChI=1S/C19H17ClFNO4/c20-14-9-12(21)3-5-15(14)24-11-18(23)22-13-4-6-16-17(10-13)26-19(25-16)7-1-2-8-19/h3-6,9-10H,1-2,7-8,11H2,(H,22,23). The molecule has 0 radical (unpaired) electrons. The zero-order chi connectivity index (χ0) is 18.1. The third-order valence-corrected chi connectivity index (χ3v) is 4.73. The number of benzene rings is 2. The average Bonchev–Trinajstić information content (AvgIpc) is 3.20. The average molecular weight is 378 g/mol. The van der Waals surface area contributed by atoms with Crippen LogP contribution in [0.2, 0.25) is 5.02 Å². The fourth-order valence-corrected chi connectivity index (χ4v) is 3.44. The summed E-state index contributed by atoms with van der Waals surface area (Å²) < 4.78 is 30.3. The minimum Gasteiger partial charge on any atom is -0.482 e. The Hall–Kier alpha value is -2.47. The van der Waals surface area contributed by atoms with E-state index < -0.39 is 11.6 Å². The predicted molar refractivity (Wildman–Crippen MR) is 94.4 cm³/mol. The van der Waals surface area contributed by atoms with Crippen LogP contribution >= 0.6 is 11.6 Å². The molecule has 1 amide bonds. The van der Waals surface area contributed by atoms with E-state index in [0.717, 1.165) is 31.7 Å². The van der Waals surface area contributed by atoms with Gasteiger partial charge in [0.05, 0.1) is 5.02 Å². The Labute approximate surface area is 155 Å². The monoisotopic (exact) mass is 377 g/mol. The first kappa shape index (κ1) is 17.0. The van der Waals surface area contributed by atoms with Gasteiger partial charge in [-0.05, 0) is 43.2 Å². The first-order valence-corrected chi connectivity index (χ1v) is 8.81. The van der Waals surface area contributed by atoms with Crippen molar-refractivity contribution >= 4 is 23.2 Å². The number of carbonyl (C=O) groups excluding carboxylic acids is 1. The van der Waals surface area contributed by atoms with Crippen LogP contribution in [0.3, 0.4) is 0 Å². The van der Waals surface area contributed by atoms with Crippen molar-refractivity contribution in [1.82, 2.24) is 0 Å². The lowest BCUT2D eigenvalue weighted by atomic mass is 10.2. The van der Waals surface area contributed by atoms with Crippen molar-refractivity contribution in [2.75, 3.05) is 11.9 Å². The van der Waals surface area contributed by atoms with Crippen LogP contribution in [0.4, 0.5) is 10.1 Å². The number of fused-ring (bicyclic) bond motifs is 1. The first-order valence-electron chi connectivity index (χ1n) is 8.43. The highest BCUT2D eigenvalue weighted by Crippen LogP contribution is 2.47. The van der Waals surface area contributed by atoms with E-state index in [1.54, 1.807) is 18.2 Å². The van der Waals surface area contributed by atoms with Gasteiger partial charge in [-0.2, -0.15) is 0 Å². The van der Waals surface area contributed by atoms with Crippen LogP contribution in [0.1, 0.15) is 25.7 Å². The summed E-state index contributed by atoms with van der Waals surface area (Å²) >= 11 is 5.87. The van der Waals surface area contributed by atoms with Gasteiger partial charge in [-0.25, -0.2) is 4.39 Å². The Morgan fingerprint density at radius 1 is 1.15 bits per heavy atom. The quantitative estimate of drug-likeness (QED) is 0.850. The van der Waals surface area contributed by atoms with Crippen molar-refractivity contribution in [3.8, 4) is 17.2 Å². The molecule has 136 valence electrons. The summed E-state index contributed by atoms with van der Waals surface area (Å²) in [6.07, 6.45) is 3.91. The van der Waals surface area contributed by atoms with Crippen LogP contribution in [0.5, 0.6) is 17.2 Å². The molecule has 2 aromatic rings. The Morgan fingerprint density at radius 3 is 2.69 bits per heavy atom. The number of amides is 1. The molecule has 0 aromatic heterocycles. The number of hydrogen-bond acceptors (Lipinski definition) is 4. The molecule has 26 heavy (non-hydrogen) atoms. The maximum absolute atomic E-state index is 13.0. The van der Waals surface area contributed by atoms with E-state index in [4.69, 9.17) is 25.8 Å². The van der Waals surface area contributed by atoms with Gasteiger partial charge in [-0.15, -0.1) is 0 Å². The fraction of sp³-hybridized carbons (Fsp3) is 0.316. The molecular formula is C19H17ClFNO4. The Kier molecular flexibility index (Phi) is 4.36. The Balaban J connectivity index is 1.37. The summed E-state index contributed by atoms with van der Waals surface area (Å²) in [6, 6.07) is 9.01. The minimum absolute atomic E-state index is 0.114. The van der Waals surface area contributed by atoms with Gasteiger partial charge in [-0.1, -0.05) is 11.6 Å². The van der Waals surface area contributed by atoms with Crippen molar-refractivity contribution in [1.29, 1.82) is 0 Å². The van der Waals surface area contributed by atoms with Crippen LogP contribution in [-0.2, 0) is 4.79 Å². The van der Waals surface area contributed by atoms with Crippen LogP contribution in [0, 0.1) is 5.82 Å². The van der Waals surface area contributed by atoms with Gasteiger partial charge in [0.1, 0.15) is 11.6 Å². The van der Waals surface area contributed by atoms with Crippen LogP contribution < -0.4 is 19.5 Å². The van der Waals surface area contributed by atoms with E-state index in [0.29, 0.717) is 17.2 Å². The molecule has 1 aliphatic carbocycles. The van der Waals surface area contributed by atoms with E-state index in [2.05, 4.69) is 5.32 Å². The van der Waals surface area contributed by atoms with E-state index in [1.807, 2.05) is 0 Å². The van der Waals surface area contributed by atoms with Gasteiger partial charge in [0, 0.05) is 24.6 Å². The highest BCUT2D eigenvalue weighted by Gasteiger charge is 2.44. The van der Waals surface area contributed by atoms with Gasteiger partial charge in [0.2, 0.25) is 0 Å². The molecule has 0 bridgehead atoms. The highest BCUT2D eigenvalue weighted by molar-refractivity contribution is 6.32. The number of anilines is 1. The molecule has 0 atom stereocenters. The van der Waals surface area contributed by atoms with Crippen molar-refractivity contribution in [2.24, 2.45) is 0 Å². The molecule has 2 aliphatic rings. The Bertz CT molecular complexity index is 851. The molecule has 4 rings (SSSR count). The van der Waals surface area contributed by atoms with Crippen LogP contribution in [-0.4, -0.2) is 18.3 Å². The number of rotatable bonds is 4. The van der Waals surface area contributed by atoms with Gasteiger partial charge < -0.3 is 19.5 Å². The normalized spacial score (nSPS) is 16.7. The second kappa shape index (κ2) is 6.68. The van der Waals surface area contributed by atoms with E-state index in [-0.39, 0.29) is 23.3 Å². The summed E-state index contributed by atoms with van der Waals surface area (Å²) in [5.41, 5.74) is 0.584.